The largest absolute Gasteiger partial charge is 0.361 e. The predicted octanol–water partition coefficient (Wildman–Crippen LogP) is 2.87. The zero-order valence-electron chi connectivity index (χ0n) is 12.4. The van der Waals surface area contributed by atoms with E-state index in [-0.39, 0.29) is 5.91 Å². The van der Waals surface area contributed by atoms with Gasteiger partial charge in [-0.15, -0.1) is 0 Å². The number of amides is 1. The van der Waals surface area contributed by atoms with Gasteiger partial charge in [0.15, 0.2) is 0 Å². The molecule has 0 N–H and O–H groups in total. The van der Waals surface area contributed by atoms with E-state index in [1.54, 1.807) is 0 Å². The monoisotopic (exact) mass is 264 g/mol. The van der Waals surface area contributed by atoms with Gasteiger partial charge < -0.3 is 9.42 Å². The molecule has 0 bridgehead atoms. The van der Waals surface area contributed by atoms with Gasteiger partial charge in [-0.3, -0.25) is 4.79 Å². The van der Waals surface area contributed by atoms with Gasteiger partial charge in [0.25, 0.3) is 0 Å². The third-order valence-corrected chi connectivity index (χ3v) is 4.44. The second-order valence-corrected chi connectivity index (χ2v) is 5.90. The molecule has 106 valence electrons. The van der Waals surface area contributed by atoms with Crippen LogP contribution >= 0.6 is 0 Å². The van der Waals surface area contributed by atoms with E-state index in [1.165, 1.54) is 12.8 Å². The Labute approximate surface area is 115 Å². The summed E-state index contributed by atoms with van der Waals surface area (Å²) in [6.07, 6.45) is 5.13. The molecule has 2 rings (SSSR count). The number of hydrogen-bond acceptors (Lipinski definition) is 3. The maximum Gasteiger partial charge on any atom is 0.227 e. The number of aromatic nitrogens is 1. The van der Waals surface area contributed by atoms with Crippen LogP contribution in [0, 0.1) is 19.8 Å². The molecule has 1 aromatic rings. The Balaban J connectivity index is 1.96. The highest BCUT2D eigenvalue weighted by Gasteiger charge is 2.25. The van der Waals surface area contributed by atoms with Crippen molar-refractivity contribution in [2.75, 3.05) is 7.05 Å². The van der Waals surface area contributed by atoms with Crippen molar-refractivity contribution in [1.29, 1.82) is 0 Å². The first-order valence-electron chi connectivity index (χ1n) is 7.16. The van der Waals surface area contributed by atoms with Crippen molar-refractivity contribution in [1.82, 2.24) is 10.1 Å². The topological polar surface area (TPSA) is 46.3 Å². The van der Waals surface area contributed by atoms with E-state index in [0.29, 0.717) is 12.5 Å². The van der Waals surface area contributed by atoms with Gasteiger partial charge in [0, 0.05) is 18.7 Å². The number of nitrogens with zero attached hydrogens (tertiary/aromatic N) is 2. The quantitative estimate of drug-likeness (QED) is 0.843. The summed E-state index contributed by atoms with van der Waals surface area (Å²) < 4.78 is 5.11. The van der Waals surface area contributed by atoms with Crippen molar-refractivity contribution in [2.45, 2.75) is 58.9 Å². The molecule has 1 saturated carbocycles. The van der Waals surface area contributed by atoms with Crippen molar-refractivity contribution in [2.24, 2.45) is 5.92 Å². The van der Waals surface area contributed by atoms with Crippen LogP contribution in [0.3, 0.4) is 0 Å². The van der Waals surface area contributed by atoms with Crippen molar-refractivity contribution >= 4 is 5.91 Å². The van der Waals surface area contributed by atoms with Crippen LogP contribution < -0.4 is 0 Å². The molecule has 0 atom stereocenters. The molecule has 4 nitrogen and oxygen atoms in total. The molecular weight excluding hydrogens is 240 g/mol. The first kappa shape index (κ1) is 14.1. The highest BCUT2D eigenvalue weighted by Crippen LogP contribution is 2.27. The third-order valence-electron chi connectivity index (χ3n) is 4.44. The molecule has 1 aliphatic rings. The second kappa shape index (κ2) is 5.76. The molecule has 4 heteroatoms. The van der Waals surface area contributed by atoms with Gasteiger partial charge in [-0.2, -0.15) is 0 Å². The van der Waals surface area contributed by atoms with Gasteiger partial charge in [-0.1, -0.05) is 12.1 Å². The van der Waals surface area contributed by atoms with Gasteiger partial charge in [0.1, 0.15) is 5.76 Å². The highest BCUT2D eigenvalue weighted by molar-refractivity contribution is 5.79. The maximum atomic E-state index is 12.4. The Kier molecular flexibility index (Phi) is 4.27. The van der Waals surface area contributed by atoms with E-state index in [2.05, 4.69) is 12.1 Å². The molecule has 0 radical (unpaired) electrons. The highest BCUT2D eigenvalue weighted by atomic mass is 16.5. The number of likely N-dealkylation sites (N-methyl/N-ethyl adjacent to an activating group) is 1. The lowest BCUT2D eigenvalue weighted by atomic mass is 9.86. The Hall–Kier alpha value is -1.32. The molecule has 19 heavy (non-hydrogen) atoms. The molecule has 0 aromatic carbocycles. The van der Waals surface area contributed by atoms with Crippen LogP contribution in [0.25, 0.3) is 0 Å². The molecule has 0 saturated heterocycles. The van der Waals surface area contributed by atoms with Gasteiger partial charge in [0.2, 0.25) is 5.91 Å². The average Bonchev–Trinajstić information content (AvgIpc) is 2.70. The molecule has 1 aliphatic carbocycles. The summed E-state index contributed by atoms with van der Waals surface area (Å²) in [6.45, 7) is 6.05. The smallest absolute Gasteiger partial charge is 0.227 e. The minimum atomic E-state index is 0.175. The van der Waals surface area contributed by atoms with Crippen LogP contribution in [0.5, 0.6) is 0 Å². The molecule has 0 spiro atoms. The number of rotatable bonds is 3. The first-order chi connectivity index (χ1) is 8.99. The molecule has 1 aromatic heterocycles. The predicted molar refractivity (Wildman–Crippen MR) is 73.9 cm³/mol. The average molecular weight is 264 g/mol. The fraction of sp³-hybridized carbons (Fsp3) is 0.733. The Morgan fingerprint density at radius 2 is 1.95 bits per heavy atom. The summed E-state index contributed by atoms with van der Waals surface area (Å²) in [6, 6.07) is 0.407. The molecule has 1 heterocycles. The Bertz CT molecular complexity index is 425. The van der Waals surface area contributed by atoms with Gasteiger partial charge in [-0.05, 0) is 45.4 Å². The minimum Gasteiger partial charge on any atom is -0.361 e. The Morgan fingerprint density at radius 3 is 2.47 bits per heavy atom. The zero-order valence-corrected chi connectivity index (χ0v) is 12.4. The van der Waals surface area contributed by atoms with Crippen LogP contribution in [0.4, 0.5) is 0 Å². The van der Waals surface area contributed by atoms with Gasteiger partial charge >= 0.3 is 0 Å². The number of aryl methyl sites for hydroxylation is 2. The standard InChI is InChI=1S/C15H24N2O2/c1-10-5-7-13(8-6-10)17(4)15(18)9-14-11(2)16-19-12(14)3/h10,13H,5-9H2,1-4H3. The van der Waals surface area contributed by atoms with Crippen LogP contribution in [0.15, 0.2) is 4.52 Å². The maximum absolute atomic E-state index is 12.4. The van der Waals surface area contributed by atoms with E-state index < -0.39 is 0 Å². The lowest BCUT2D eigenvalue weighted by Gasteiger charge is -2.33. The lowest BCUT2D eigenvalue weighted by molar-refractivity contribution is -0.132. The molecule has 1 fully saturated rings. The van der Waals surface area contributed by atoms with Crippen molar-refractivity contribution in [3.63, 3.8) is 0 Å². The van der Waals surface area contributed by atoms with Crippen molar-refractivity contribution in [3.8, 4) is 0 Å². The minimum absolute atomic E-state index is 0.175. The SMILES string of the molecule is Cc1noc(C)c1CC(=O)N(C)C1CCC(C)CC1. The van der Waals surface area contributed by atoms with E-state index in [0.717, 1.165) is 35.8 Å². The van der Waals surface area contributed by atoms with Gasteiger partial charge in [0.05, 0.1) is 12.1 Å². The van der Waals surface area contributed by atoms with Gasteiger partial charge in [-0.25, -0.2) is 0 Å². The fourth-order valence-corrected chi connectivity index (χ4v) is 2.86. The van der Waals surface area contributed by atoms with E-state index in [1.807, 2.05) is 25.8 Å². The van der Waals surface area contributed by atoms with E-state index in [4.69, 9.17) is 4.52 Å². The molecular formula is C15H24N2O2. The molecule has 1 amide bonds. The lowest BCUT2D eigenvalue weighted by Crippen LogP contribution is -2.40. The summed E-state index contributed by atoms with van der Waals surface area (Å²) in [5.41, 5.74) is 1.78. The third kappa shape index (κ3) is 3.17. The van der Waals surface area contributed by atoms with Crippen molar-refractivity contribution < 1.29 is 9.32 Å². The van der Waals surface area contributed by atoms with E-state index >= 15 is 0 Å². The summed E-state index contributed by atoms with van der Waals surface area (Å²) >= 11 is 0. The molecule has 0 aliphatic heterocycles. The number of hydrogen-bond donors (Lipinski definition) is 0. The zero-order chi connectivity index (χ0) is 14.0. The summed E-state index contributed by atoms with van der Waals surface area (Å²) in [7, 11) is 1.93. The van der Waals surface area contributed by atoms with Crippen LogP contribution in [-0.4, -0.2) is 29.1 Å². The number of carbonyl (C=O) groups is 1. The van der Waals surface area contributed by atoms with Crippen LogP contribution in [0.2, 0.25) is 0 Å². The van der Waals surface area contributed by atoms with Crippen LogP contribution in [-0.2, 0) is 11.2 Å². The normalized spacial score (nSPS) is 23.4. The summed E-state index contributed by atoms with van der Waals surface area (Å²) in [5, 5.41) is 3.91. The van der Waals surface area contributed by atoms with E-state index in [9.17, 15) is 4.79 Å². The Morgan fingerprint density at radius 1 is 1.32 bits per heavy atom. The first-order valence-corrected chi connectivity index (χ1v) is 7.16. The number of carbonyl (C=O) groups excluding carboxylic acids is 1. The molecule has 0 unspecified atom stereocenters. The fourth-order valence-electron chi connectivity index (χ4n) is 2.86. The second-order valence-electron chi connectivity index (χ2n) is 5.90. The van der Waals surface area contributed by atoms with Crippen molar-refractivity contribution in [3.05, 3.63) is 17.0 Å². The summed E-state index contributed by atoms with van der Waals surface area (Å²) in [5.74, 6) is 1.74. The summed E-state index contributed by atoms with van der Waals surface area (Å²) in [4.78, 5) is 14.3. The van der Waals surface area contributed by atoms with Crippen LogP contribution in [0.1, 0.15) is 49.6 Å².